The third-order valence-corrected chi connectivity index (χ3v) is 6.21. The molecule has 0 fully saturated rings. The maximum absolute atomic E-state index is 12.5. The number of hydrogen-bond acceptors (Lipinski definition) is 6. The lowest BCUT2D eigenvalue weighted by atomic mass is 10.3. The second kappa shape index (κ2) is 8.40. The van der Waals surface area contributed by atoms with Gasteiger partial charge in [-0.25, -0.2) is 23.1 Å². The Kier molecular flexibility index (Phi) is 5.68. The molecule has 0 bridgehead atoms. The van der Waals surface area contributed by atoms with Gasteiger partial charge < -0.3 is 5.32 Å². The molecule has 0 unspecified atom stereocenters. The van der Waals surface area contributed by atoms with E-state index < -0.39 is 10.0 Å². The molecule has 0 atom stereocenters. The molecule has 2 N–H and O–H groups in total. The summed E-state index contributed by atoms with van der Waals surface area (Å²) in [4.78, 5) is 8.99. The van der Waals surface area contributed by atoms with Crippen LogP contribution in [0.5, 0.6) is 0 Å². The first-order chi connectivity index (χ1) is 14.4. The Morgan fingerprint density at radius 2 is 1.67 bits per heavy atom. The topological polar surface area (TPSA) is 102 Å². The number of rotatable bonds is 6. The molecule has 30 heavy (non-hydrogen) atoms. The first kappa shape index (κ1) is 20.3. The van der Waals surface area contributed by atoms with Crippen LogP contribution in [0.1, 0.15) is 5.82 Å². The summed E-state index contributed by atoms with van der Waals surface area (Å²) >= 11 is 2.13. The molecule has 0 amide bonds. The van der Waals surface area contributed by atoms with E-state index in [0.717, 1.165) is 9.26 Å². The molecule has 8 nitrogen and oxygen atoms in total. The van der Waals surface area contributed by atoms with Crippen molar-refractivity contribution in [3.05, 3.63) is 82.5 Å². The van der Waals surface area contributed by atoms with Crippen LogP contribution < -0.4 is 10.0 Å². The lowest BCUT2D eigenvalue weighted by molar-refractivity contribution is 0.601. The molecule has 2 heterocycles. The van der Waals surface area contributed by atoms with Crippen molar-refractivity contribution >= 4 is 49.8 Å². The summed E-state index contributed by atoms with van der Waals surface area (Å²) in [6.07, 6.45) is 3.49. The van der Waals surface area contributed by atoms with E-state index in [1.165, 1.54) is 0 Å². The summed E-state index contributed by atoms with van der Waals surface area (Å²) in [6, 6.07) is 17.2. The number of sulfonamides is 1. The van der Waals surface area contributed by atoms with E-state index in [4.69, 9.17) is 0 Å². The van der Waals surface area contributed by atoms with Crippen LogP contribution in [-0.2, 0) is 10.0 Å². The Balaban J connectivity index is 1.50. The molecule has 2 aromatic carbocycles. The second-order valence-electron chi connectivity index (χ2n) is 6.37. The molecule has 2 aromatic heterocycles. The van der Waals surface area contributed by atoms with Crippen molar-refractivity contribution in [3.63, 3.8) is 0 Å². The van der Waals surface area contributed by atoms with Gasteiger partial charge in [-0.1, -0.05) is 0 Å². The molecule has 4 aromatic rings. The van der Waals surface area contributed by atoms with Gasteiger partial charge in [-0.2, -0.15) is 5.10 Å². The summed E-state index contributed by atoms with van der Waals surface area (Å²) in [5, 5.41) is 7.39. The van der Waals surface area contributed by atoms with E-state index in [-0.39, 0.29) is 4.90 Å². The highest BCUT2D eigenvalue weighted by atomic mass is 127. The average Bonchev–Trinajstić information content (AvgIpc) is 3.24. The highest BCUT2D eigenvalue weighted by molar-refractivity contribution is 14.1. The molecule has 0 aliphatic rings. The summed E-state index contributed by atoms with van der Waals surface area (Å²) in [5.74, 6) is 1.87. The van der Waals surface area contributed by atoms with Gasteiger partial charge in [-0.05, 0) is 84.1 Å². The zero-order valence-electron chi connectivity index (χ0n) is 15.8. The number of anilines is 3. The number of halogens is 1. The largest absolute Gasteiger partial charge is 0.340 e. The minimum Gasteiger partial charge on any atom is -0.340 e. The third-order valence-electron chi connectivity index (χ3n) is 4.10. The van der Waals surface area contributed by atoms with Gasteiger partial charge >= 0.3 is 0 Å². The Labute approximate surface area is 187 Å². The number of nitrogens with zero attached hydrogens (tertiary/aromatic N) is 4. The fraction of sp³-hybridized carbons (Fsp3) is 0.0500. The van der Waals surface area contributed by atoms with Gasteiger partial charge in [-0.15, -0.1) is 0 Å². The zero-order chi connectivity index (χ0) is 21.1. The number of aryl methyl sites for hydroxylation is 1. The molecular formula is C20H17IN6O2S. The van der Waals surface area contributed by atoms with Crippen LogP contribution >= 0.6 is 22.6 Å². The van der Waals surface area contributed by atoms with Crippen LogP contribution in [0, 0.1) is 10.5 Å². The Morgan fingerprint density at radius 3 is 2.33 bits per heavy atom. The van der Waals surface area contributed by atoms with E-state index in [1.54, 1.807) is 78.6 Å². The first-order valence-corrected chi connectivity index (χ1v) is 11.5. The predicted molar refractivity (Wildman–Crippen MR) is 124 cm³/mol. The van der Waals surface area contributed by atoms with E-state index >= 15 is 0 Å². The van der Waals surface area contributed by atoms with Crippen molar-refractivity contribution in [2.45, 2.75) is 11.8 Å². The lowest BCUT2D eigenvalue weighted by Gasteiger charge is -2.11. The molecule has 0 aliphatic heterocycles. The summed E-state index contributed by atoms with van der Waals surface area (Å²) in [7, 11) is -3.64. The van der Waals surface area contributed by atoms with Crippen molar-refractivity contribution in [2.75, 3.05) is 10.0 Å². The van der Waals surface area contributed by atoms with Crippen molar-refractivity contribution < 1.29 is 8.42 Å². The van der Waals surface area contributed by atoms with Crippen LogP contribution in [0.25, 0.3) is 5.82 Å². The van der Waals surface area contributed by atoms with Gasteiger partial charge in [0.1, 0.15) is 11.6 Å². The zero-order valence-corrected chi connectivity index (χ0v) is 18.8. The van der Waals surface area contributed by atoms with Crippen LogP contribution in [0.3, 0.4) is 0 Å². The predicted octanol–water partition coefficient (Wildman–Crippen LogP) is 4.12. The number of benzene rings is 2. The van der Waals surface area contributed by atoms with Crippen molar-refractivity contribution in [1.82, 2.24) is 19.7 Å². The van der Waals surface area contributed by atoms with Crippen molar-refractivity contribution in [2.24, 2.45) is 0 Å². The Hall–Kier alpha value is -2.99. The number of aromatic nitrogens is 4. The van der Waals surface area contributed by atoms with Gasteiger partial charge in [0.15, 0.2) is 5.82 Å². The molecule has 0 spiro atoms. The third kappa shape index (κ3) is 4.76. The normalized spacial score (nSPS) is 11.3. The van der Waals surface area contributed by atoms with Crippen LogP contribution in [-0.4, -0.2) is 28.2 Å². The minimum atomic E-state index is -3.64. The maximum atomic E-state index is 12.5. The summed E-state index contributed by atoms with van der Waals surface area (Å²) in [5.41, 5.74) is 1.23. The van der Waals surface area contributed by atoms with Crippen LogP contribution in [0.2, 0.25) is 0 Å². The second-order valence-corrected chi connectivity index (χ2v) is 9.30. The molecule has 4 rings (SSSR count). The van der Waals surface area contributed by atoms with Gasteiger partial charge in [0.05, 0.1) is 4.90 Å². The molecule has 0 saturated heterocycles. The van der Waals surface area contributed by atoms with Gasteiger partial charge in [0, 0.05) is 33.4 Å². The maximum Gasteiger partial charge on any atom is 0.261 e. The van der Waals surface area contributed by atoms with E-state index in [9.17, 15) is 8.42 Å². The van der Waals surface area contributed by atoms with E-state index in [2.05, 4.69) is 47.7 Å². The monoisotopic (exact) mass is 532 g/mol. The first-order valence-electron chi connectivity index (χ1n) is 8.90. The van der Waals surface area contributed by atoms with Gasteiger partial charge in [0.2, 0.25) is 0 Å². The van der Waals surface area contributed by atoms with E-state index in [0.29, 0.717) is 23.1 Å². The molecule has 10 heteroatoms. The van der Waals surface area contributed by atoms with Crippen molar-refractivity contribution in [3.8, 4) is 5.82 Å². The summed E-state index contributed by atoms with van der Waals surface area (Å²) < 4.78 is 30.3. The van der Waals surface area contributed by atoms with Crippen LogP contribution in [0.15, 0.2) is 78.0 Å². The molecule has 152 valence electrons. The number of nitrogens with one attached hydrogen (secondary N) is 2. The van der Waals surface area contributed by atoms with Crippen molar-refractivity contribution in [1.29, 1.82) is 0 Å². The van der Waals surface area contributed by atoms with Gasteiger partial charge in [-0.3, -0.25) is 4.72 Å². The molecular weight excluding hydrogens is 515 g/mol. The smallest absolute Gasteiger partial charge is 0.261 e. The minimum absolute atomic E-state index is 0.215. The fourth-order valence-corrected chi connectivity index (χ4v) is 4.15. The molecule has 0 radical (unpaired) electrons. The quantitative estimate of drug-likeness (QED) is 0.363. The van der Waals surface area contributed by atoms with Gasteiger partial charge in [0.25, 0.3) is 10.0 Å². The SMILES string of the molecule is Cc1nc(Nc2ccc(NS(=O)(=O)c3ccc(I)cc3)cc2)cc(-n2cccn2)n1. The average molecular weight is 532 g/mol. The highest BCUT2D eigenvalue weighted by Crippen LogP contribution is 2.22. The summed E-state index contributed by atoms with van der Waals surface area (Å²) in [6.45, 7) is 1.81. The Bertz CT molecular complexity index is 1260. The highest BCUT2D eigenvalue weighted by Gasteiger charge is 2.14. The Morgan fingerprint density at radius 1 is 0.967 bits per heavy atom. The molecule has 0 saturated carbocycles. The van der Waals surface area contributed by atoms with Crippen LogP contribution in [0.4, 0.5) is 17.2 Å². The lowest BCUT2D eigenvalue weighted by Crippen LogP contribution is -2.12. The standard InChI is InChI=1S/C20H17IN6O2S/c1-14-23-19(13-20(24-14)27-12-2-11-22-27)25-16-5-7-17(8-6-16)26-30(28,29)18-9-3-15(21)4-10-18/h2-13,26H,1H3,(H,23,24,25). The number of hydrogen-bond donors (Lipinski definition) is 2. The van der Waals surface area contributed by atoms with E-state index in [1.807, 2.05) is 6.07 Å². The fourth-order valence-electron chi connectivity index (χ4n) is 2.73. The molecule has 0 aliphatic carbocycles.